The number of fused-ring (bicyclic) bond motifs is 5. The van der Waals surface area contributed by atoms with Crippen LogP contribution in [0.3, 0.4) is 0 Å². The highest BCUT2D eigenvalue weighted by molar-refractivity contribution is 6.70. The number of rotatable bonds is 4. The Morgan fingerprint density at radius 1 is 0.742 bits per heavy atom. The van der Waals surface area contributed by atoms with Crippen LogP contribution in [0.15, 0.2) is 0 Å². The van der Waals surface area contributed by atoms with Crippen molar-refractivity contribution in [2.24, 2.45) is 40.4 Å². The number of hydrogen-bond acceptors (Lipinski definition) is 2. The predicted molar refractivity (Wildman–Crippen MR) is 137 cm³/mol. The van der Waals surface area contributed by atoms with Gasteiger partial charge in [0, 0.05) is 6.10 Å². The minimum absolute atomic E-state index is 0.0907. The molecular weight excluding hydrogens is 412 g/mol. The summed E-state index contributed by atoms with van der Waals surface area (Å²) in [7, 11) is -3.01. The van der Waals surface area contributed by atoms with E-state index < -0.39 is 16.6 Å². The van der Waals surface area contributed by atoms with Gasteiger partial charge in [0.1, 0.15) is 0 Å². The monoisotopic (exact) mass is 464 g/mol. The molecule has 31 heavy (non-hydrogen) atoms. The first-order valence-corrected chi connectivity index (χ1v) is 20.3. The highest BCUT2D eigenvalue weighted by Gasteiger charge is 2.65. The molecule has 0 bridgehead atoms. The van der Waals surface area contributed by atoms with Crippen LogP contribution in [0.4, 0.5) is 0 Å². The molecule has 4 heteroatoms. The average Bonchev–Trinajstić information content (AvgIpc) is 2.84. The van der Waals surface area contributed by atoms with Crippen molar-refractivity contribution in [1.82, 2.24) is 0 Å². The van der Waals surface area contributed by atoms with Crippen LogP contribution in [0, 0.1) is 40.4 Å². The molecule has 4 aliphatic rings. The van der Waals surface area contributed by atoms with Crippen molar-refractivity contribution in [3.63, 3.8) is 0 Å². The van der Waals surface area contributed by atoms with E-state index in [1.54, 1.807) is 0 Å². The van der Waals surface area contributed by atoms with Crippen LogP contribution in [0.25, 0.3) is 0 Å². The smallest absolute Gasteiger partial charge is 0.184 e. The fourth-order valence-corrected chi connectivity index (χ4v) is 12.2. The van der Waals surface area contributed by atoms with Gasteiger partial charge in [-0.05, 0) is 138 Å². The largest absolute Gasteiger partial charge is 0.415 e. The van der Waals surface area contributed by atoms with Crippen molar-refractivity contribution >= 4 is 16.6 Å². The van der Waals surface area contributed by atoms with Crippen LogP contribution < -0.4 is 0 Å². The Kier molecular flexibility index (Phi) is 6.06. The summed E-state index contributed by atoms with van der Waals surface area (Å²) in [5.41, 5.74) is 0.994. The van der Waals surface area contributed by atoms with Crippen LogP contribution in [0.1, 0.15) is 79.1 Å². The van der Waals surface area contributed by atoms with Crippen molar-refractivity contribution in [3.8, 4) is 0 Å². The van der Waals surface area contributed by atoms with Gasteiger partial charge in [-0.1, -0.05) is 20.8 Å². The van der Waals surface area contributed by atoms with Crippen molar-refractivity contribution < 1.29 is 8.85 Å². The van der Waals surface area contributed by atoms with Gasteiger partial charge in [0.25, 0.3) is 0 Å². The molecule has 0 radical (unpaired) electrons. The molecule has 4 saturated carbocycles. The van der Waals surface area contributed by atoms with E-state index >= 15 is 0 Å². The molecular formula is C27H52O2Si2. The molecule has 0 aromatic carbocycles. The van der Waals surface area contributed by atoms with Gasteiger partial charge in [-0.3, -0.25) is 0 Å². The molecule has 0 unspecified atom stereocenters. The molecule has 0 aliphatic heterocycles. The Labute approximate surface area is 195 Å². The second-order valence-electron chi connectivity index (χ2n) is 14.8. The Hall–Kier alpha value is 0.354. The van der Waals surface area contributed by atoms with E-state index in [0.29, 0.717) is 16.9 Å². The SMILES string of the molecule is C[C@@H]1C[C@@H]2C[C@H](O[Si](C)(C)C)CC[C@]2(C)[C@H]2CC[C@@]3(C)[C@@H](CC[C@]3(C)O[Si](C)(C)C)[C@H]12. The van der Waals surface area contributed by atoms with Gasteiger partial charge in [0.15, 0.2) is 16.6 Å². The average molecular weight is 465 g/mol. The second-order valence-corrected chi connectivity index (χ2v) is 23.7. The molecule has 0 heterocycles. The standard InChI is InChI=1S/C27H52O2Si2/c1-19-17-20-18-21(28-30(5,6)7)11-14-25(20,2)22-12-15-26(3)23(24(19)22)13-16-27(26,4)29-31(8,9)10/h19-24H,11-18H2,1-10H3/t19-,20-,21-,22+,23+,24-,25+,26+,27+/m1/s1. The highest BCUT2D eigenvalue weighted by Crippen LogP contribution is 2.70. The minimum Gasteiger partial charge on any atom is -0.415 e. The summed E-state index contributed by atoms with van der Waals surface area (Å²) >= 11 is 0. The van der Waals surface area contributed by atoms with Crippen molar-refractivity contribution in [2.45, 2.75) is 130 Å². The van der Waals surface area contributed by atoms with E-state index in [0.717, 1.165) is 29.6 Å². The maximum atomic E-state index is 6.99. The third-order valence-electron chi connectivity index (χ3n) is 10.6. The molecule has 0 aromatic rings. The fraction of sp³-hybridized carbons (Fsp3) is 1.00. The normalized spacial score (nSPS) is 50.5. The molecule has 180 valence electrons. The molecule has 0 saturated heterocycles. The van der Waals surface area contributed by atoms with Crippen LogP contribution in [-0.2, 0) is 8.85 Å². The lowest BCUT2D eigenvalue weighted by Gasteiger charge is -2.64. The molecule has 0 spiro atoms. The van der Waals surface area contributed by atoms with Crippen LogP contribution in [0.2, 0.25) is 39.3 Å². The van der Waals surface area contributed by atoms with Crippen molar-refractivity contribution in [3.05, 3.63) is 0 Å². The van der Waals surface area contributed by atoms with Crippen molar-refractivity contribution in [1.29, 1.82) is 0 Å². The van der Waals surface area contributed by atoms with Crippen LogP contribution in [-0.4, -0.2) is 28.3 Å². The number of hydrogen-bond donors (Lipinski definition) is 0. The molecule has 4 fully saturated rings. The van der Waals surface area contributed by atoms with E-state index in [1.807, 2.05) is 0 Å². The van der Waals surface area contributed by atoms with Gasteiger partial charge in [-0.15, -0.1) is 0 Å². The summed E-state index contributed by atoms with van der Waals surface area (Å²) in [6.07, 6.45) is 11.5. The summed E-state index contributed by atoms with van der Waals surface area (Å²) in [5, 5.41) is 0. The van der Waals surface area contributed by atoms with Gasteiger partial charge >= 0.3 is 0 Å². The van der Waals surface area contributed by atoms with Gasteiger partial charge in [-0.2, -0.15) is 0 Å². The first kappa shape index (κ1) is 24.5. The lowest BCUT2D eigenvalue weighted by atomic mass is 9.42. The van der Waals surface area contributed by atoms with Gasteiger partial charge in [-0.25, -0.2) is 0 Å². The topological polar surface area (TPSA) is 18.5 Å². The Morgan fingerprint density at radius 2 is 1.39 bits per heavy atom. The van der Waals surface area contributed by atoms with E-state index in [4.69, 9.17) is 8.85 Å². The molecule has 9 atom stereocenters. The zero-order valence-electron chi connectivity index (χ0n) is 22.4. The zero-order valence-corrected chi connectivity index (χ0v) is 24.4. The lowest BCUT2D eigenvalue weighted by Crippen LogP contribution is -2.60. The third kappa shape index (κ3) is 4.19. The first-order valence-electron chi connectivity index (χ1n) is 13.5. The predicted octanol–water partition coefficient (Wildman–Crippen LogP) is 8.11. The zero-order chi connectivity index (χ0) is 23.0. The maximum Gasteiger partial charge on any atom is 0.184 e. The van der Waals surface area contributed by atoms with Crippen LogP contribution >= 0.6 is 0 Å². The quantitative estimate of drug-likeness (QED) is 0.391. The summed E-state index contributed by atoms with van der Waals surface area (Å²) < 4.78 is 13.6. The summed E-state index contributed by atoms with van der Waals surface area (Å²) in [4.78, 5) is 0. The van der Waals surface area contributed by atoms with Gasteiger partial charge in [0.2, 0.25) is 0 Å². The highest BCUT2D eigenvalue weighted by atomic mass is 28.4. The maximum absolute atomic E-state index is 6.99. The Bertz CT molecular complexity index is 682. The van der Waals surface area contributed by atoms with E-state index in [9.17, 15) is 0 Å². The molecule has 0 N–H and O–H groups in total. The molecule has 4 aliphatic carbocycles. The summed E-state index contributed by atoms with van der Waals surface area (Å²) in [6, 6.07) is 0. The second kappa shape index (κ2) is 7.68. The molecule has 0 aromatic heterocycles. The molecule has 0 amide bonds. The summed E-state index contributed by atoms with van der Waals surface area (Å²) in [5.74, 6) is 4.40. The van der Waals surface area contributed by atoms with Crippen LogP contribution in [0.5, 0.6) is 0 Å². The Balaban J connectivity index is 1.57. The third-order valence-corrected chi connectivity index (χ3v) is 12.7. The van der Waals surface area contributed by atoms with Gasteiger partial charge in [0.05, 0.1) is 5.60 Å². The van der Waals surface area contributed by atoms with E-state index in [1.165, 1.54) is 51.4 Å². The molecule has 2 nitrogen and oxygen atoms in total. The first-order chi connectivity index (χ1) is 14.1. The van der Waals surface area contributed by atoms with Crippen molar-refractivity contribution in [2.75, 3.05) is 0 Å². The molecule has 4 rings (SSSR count). The summed E-state index contributed by atoms with van der Waals surface area (Å²) in [6.45, 7) is 24.7. The lowest BCUT2D eigenvalue weighted by molar-refractivity contribution is -0.165. The van der Waals surface area contributed by atoms with E-state index in [2.05, 4.69) is 67.0 Å². The fourth-order valence-electron chi connectivity index (χ4n) is 9.28. The minimum atomic E-state index is -1.56. The van der Waals surface area contributed by atoms with E-state index in [-0.39, 0.29) is 5.60 Å². The Morgan fingerprint density at radius 3 is 2.00 bits per heavy atom. The van der Waals surface area contributed by atoms with Gasteiger partial charge < -0.3 is 8.85 Å².